The summed E-state index contributed by atoms with van der Waals surface area (Å²) in [7, 11) is 0. The van der Waals surface area contributed by atoms with Crippen molar-refractivity contribution in [2.75, 3.05) is 5.32 Å². The Labute approximate surface area is 145 Å². The molecule has 4 rings (SSSR count). The Morgan fingerprint density at radius 3 is 2.24 bits per heavy atom. The van der Waals surface area contributed by atoms with Gasteiger partial charge in [-0.05, 0) is 24.3 Å². The van der Waals surface area contributed by atoms with Crippen molar-refractivity contribution in [3.63, 3.8) is 0 Å². The Morgan fingerprint density at radius 1 is 0.840 bits per heavy atom. The molecule has 0 spiro atoms. The number of hydrogen-bond donors (Lipinski definition) is 1. The molecule has 0 saturated carbocycles. The lowest BCUT2D eigenvalue weighted by Gasteiger charge is -2.10. The number of imidazole rings is 1. The SMILES string of the molecule is O=C(Cn1c(-c2ccccc2)nc2ccccc21)Nc1ccccc1. The van der Waals surface area contributed by atoms with Gasteiger partial charge in [-0.15, -0.1) is 0 Å². The smallest absolute Gasteiger partial charge is 0.244 e. The molecule has 1 amide bonds. The van der Waals surface area contributed by atoms with Crippen molar-refractivity contribution in [2.45, 2.75) is 6.54 Å². The van der Waals surface area contributed by atoms with Gasteiger partial charge in [0, 0.05) is 11.3 Å². The Morgan fingerprint density at radius 2 is 1.48 bits per heavy atom. The van der Waals surface area contributed by atoms with E-state index in [1.165, 1.54) is 0 Å². The Balaban J connectivity index is 1.71. The van der Waals surface area contributed by atoms with Gasteiger partial charge in [0.05, 0.1) is 11.0 Å². The number of carbonyl (C=O) groups is 1. The fraction of sp³-hybridized carbons (Fsp3) is 0.0476. The van der Waals surface area contributed by atoms with Gasteiger partial charge in [-0.3, -0.25) is 4.79 Å². The second-order valence-electron chi connectivity index (χ2n) is 5.79. The molecule has 25 heavy (non-hydrogen) atoms. The first-order valence-electron chi connectivity index (χ1n) is 8.17. The number of aromatic nitrogens is 2. The summed E-state index contributed by atoms with van der Waals surface area (Å²) in [5.74, 6) is 0.719. The van der Waals surface area contributed by atoms with Gasteiger partial charge in [-0.2, -0.15) is 0 Å². The van der Waals surface area contributed by atoms with Crippen molar-refractivity contribution in [3.05, 3.63) is 84.9 Å². The lowest BCUT2D eigenvalue weighted by Crippen LogP contribution is -2.19. The van der Waals surface area contributed by atoms with Crippen LogP contribution in [0.2, 0.25) is 0 Å². The normalized spacial score (nSPS) is 10.7. The fourth-order valence-corrected chi connectivity index (χ4v) is 2.91. The number of amides is 1. The third-order valence-electron chi connectivity index (χ3n) is 4.05. The predicted molar refractivity (Wildman–Crippen MR) is 100 cm³/mol. The number of rotatable bonds is 4. The van der Waals surface area contributed by atoms with Crippen LogP contribution < -0.4 is 5.32 Å². The summed E-state index contributed by atoms with van der Waals surface area (Å²) in [5, 5.41) is 2.94. The van der Waals surface area contributed by atoms with Crippen molar-refractivity contribution in [3.8, 4) is 11.4 Å². The third-order valence-corrected chi connectivity index (χ3v) is 4.05. The molecular formula is C21H17N3O. The van der Waals surface area contributed by atoms with Crippen LogP contribution in [0.25, 0.3) is 22.4 Å². The molecule has 0 fully saturated rings. The van der Waals surface area contributed by atoms with Crippen LogP contribution in [0.15, 0.2) is 84.9 Å². The molecule has 0 bridgehead atoms. The summed E-state index contributed by atoms with van der Waals surface area (Å²) in [6.45, 7) is 0.208. The van der Waals surface area contributed by atoms with Gasteiger partial charge in [-0.25, -0.2) is 4.98 Å². The average molecular weight is 327 g/mol. The summed E-state index contributed by atoms with van der Waals surface area (Å²) in [4.78, 5) is 17.3. The minimum absolute atomic E-state index is 0.0773. The second-order valence-corrected chi connectivity index (χ2v) is 5.79. The van der Waals surface area contributed by atoms with Gasteiger partial charge in [0.2, 0.25) is 5.91 Å². The van der Waals surface area contributed by atoms with Gasteiger partial charge < -0.3 is 9.88 Å². The molecule has 3 aromatic carbocycles. The molecule has 4 heteroatoms. The van der Waals surface area contributed by atoms with Crippen LogP contribution in [0.3, 0.4) is 0 Å². The van der Waals surface area contributed by atoms with E-state index >= 15 is 0 Å². The van der Waals surface area contributed by atoms with Crippen LogP contribution in [0, 0.1) is 0 Å². The molecule has 122 valence electrons. The molecule has 0 aliphatic heterocycles. The maximum Gasteiger partial charge on any atom is 0.244 e. The number of nitrogens with zero attached hydrogens (tertiary/aromatic N) is 2. The number of hydrogen-bond acceptors (Lipinski definition) is 2. The maximum atomic E-state index is 12.5. The van der Waals surface area contributed by atoms with E-state index in [-0.39, 0.29) is 12.5 Å². The molecule has 1 aromatic heterocycles. The summed E-state index contributed by atoms with van der Waals surface area (Å²) in [6, 6.07) is 27.3. The van der Waals surface area contributed by atoms with Crippen LogP contribution >= 0.6 is 0 Å². The van der Waals surface area contributed by atoms with Crippen molar-refractivity contribution in [2.24, 2.45) is 0 Å². The monoisotopic (exact) mass is 327 g/mol. The van der Waals surface area contributed by atoms with Crippen LogP contribution in [0.4, 0.5) is 5.69 Å². The zero-order valence-electron chi connectivity index (χ0n) is 13.6. The number of fused-ring (bicyclic) bond motifs is 1. The highest BCUT2D eigenvalue weighted by Gasteiger charge is 2.15. The third kappa shape index (κ3) is 3.15. The summed E-state index contributed by atoms with van der Waals surface area (Å²) in [6.07, 6.45) is 0. The first-order chi connectivity index (χ1) is 12.3. The highest BCUT2D eigenvalue weighted by molar-refractivity contribution is 5.92. The van der Waals surface area contributed by atoms with E-state index in [9.17, 15) is 4.79 Å². The maximum absolute atomic E-state index is 12.5. The number of para-hydroxylation sites is 3. The van der Waals surface area contributed by atoms with Gasteiger partial charge in [0.15, 0.2) is 0 Å². The molecule has 0 aliphatic carbocycles. The first-order valence-corrected chi connectivity index (χ1v) is 8.17. The lowest BCUT2D eigenvalue weighted by atomic mass is 10.2. The Bertz CT molecular complexity index is 1010. The zero-order chi connectivity index (χ0) is 17.1. The van der Waals surface area contributed by atoms with E-state index in [4.69, 9.17) is 4.98 Å². The fourth-order valence-electron chi connectivity index (χ4n) is 2.91. The topological polar surface area (TPSA) is 46.9 Å². The quantitative estimate of drug-likeness (QED) is 0.606. The summed E-state index contributed by atoms with van der Waals surface area (Å²) >= 11 is 0. The molecule has 4 aromatic rings. The van der Waals surface area contributed by atoms with E-state index in [1.54, 1.807) is 0 Å². The van der Waals surface area contributed by atoms with E-state index in [0.29, 0.717) is 0 Å². The molecule has 4 nitrogen and oxygen atoms in total. The van der Waals surface area contributed by atoms with Gasteiger partial charge >= 0.3 is 0 Å². The van der Waals surface area contributed by atoms with E-state index in [1.807, 2.05) is 89.5 Å². The summed E-state index contributed by atoms with van der Waals surface area (Å²) in [5.41, 5.74) is 3.61. The van der Waals surface area contributed by atoms with Crippen LogP contribution in [0.1, 0.15) is 0 Å². The van der Waals surface area contributed by atoms with Crippen molar-refractivity contribution in [1.82, 2.24) is 9.55 Å². The van der Waals surface area contributed by atoms with Crippen molar-refractivity contribution in [1.29, 1.82) is 0 Å². The van der Waals surface area contributed by atoms with Crippen LogP contribution in [0.5, 0.6) is 0 Å². The van der Waals surface area contributed by atoms with Gasteiger partial charge in [0.25, 0.3) is 0 Å². The zero-order valence-corrected chi connectivity index (χ0v) is 13.6. The molecular weight excluding hydrogens is 310 g/mol. The number of nitrogens with one attached hydrogen (secondary N) is 1. The Hall–Kier alpha value is -3.40. The largest absolute Gasteiger partial charge is 0.325 e. The van der Waals surface area contributed by atoms with E-state index in [0.717, 1.165) is 28.1 Å². The van der Waals surface area contributed by atoms with E-state index < -0.39 is 0 Å². The number of benzene rings is 3. The minimum atomic E-state index is -0.0773. The number of carbonyl (C=O) groups excluding carboxylic acids is 1. The molecule has 0 saturated heterocycles. The van der Waals surface area contributed by atoms with Crippen LogP contribution in [-0.2, 0) is 11.3 Å². The molecule has 1 heterocycles. The van der Waals surface area contributed by atoms with Crippen molar-refractivity contribution < 1.29 is 4.79 Å². The minimum Gasteiger partial charge on any atom is -0.325 e. The molecule has 0 atom stereocenters. The van der Waals surface area contributed by atoms with Crippen molar-refractivity contribution >= 4 is 22.6 Å². The predicted octanol–water partition coefficient (Wildman–Crippen LogP) is 4.34. The van der Waals surface area contributed by atoms with Crippen LogP contribution in [-0.4, -0.2) is 15.5 Å². The van der Waals surface area contributed by atoms with Gasteiger partial charge in [-0.1, -0.05) is 60.7 Å². The van der Waals surface area contributed by atoms with Gasteiger partial charge in [0.1, 0.15) is 12.4 Å². The summed E-state index contributed by atoms with van der Waals surface area (Å²) < 4.78 is 1.96. The molecule has 0 unspecified atom stereocenters. The second kappa shape index (κ2) is 6.61. The first kappa shape index (κ1) is 15.1. The molecule has 1 N–H and O–H groups in total. The molecule has 0 radical (unpaired) electrons. The Kier molecular flexibility index (Phi) is 4.01. The standard InChI is InChI=1S/C21H17N3O/c25-20(22-17-11-5-2-6-12-17)15-24-19-14-8-7-13-18(19)23-21(24)16-9-3-1-4-10-16/h1-14H,15H2,(H,22,25). The molecule has 0 aliphatic rings. The average Bonchev–Trinajstić information content (AvgIpc) is 3.02. The van der Waals surface area contributed by atoms with E-state index in [2.05, 4.69) is 5.32 Å². The highest BCUT2D eigenvalue weighted by atomic mass is 16.1. The number of anilines is 1. The highest BCUT2D eigenvalue weighted by Crippen LogP contribution is 2.24. The lowest BCUT2D eigenvalue weighted by molar-refractivity contribution is -0.116.